The van der Waals surface area contributed by atoms with Crippen LogP contribution < -0.4 is 4.74 Å². The molecule has 0 N–H and O–H groups in total. The lowest BCUT2D eigenvalue weighted by Crippen LogP contribution is -1.98. The number of esters is 1. The Bertz CT molecular complexity index is 431. The molecule has 0 fully saturated rings. The van der Waals surface area contributed by atoms with Gasteiger partial charge in [0, 0.05) is 5.56 Å². The smallest absolute Gasteiger partial charge is 0.339 e. The molecule has 0 bridgehead atoms. The van der Waals surface area contributed by atoms with E-state index in [1.54, 1.807) is 19.2 Å². The standard InChI is InChI=1S/C14H17IO3/c1-17-10-6-7-11-12(9-10)13(18-14(11)16)5-3-2-4-8-15/h6-7,9,13H,2-5,8H2,1H3. The Balaban J connectivity index is 2.05. The van der Waals surface area contributed by atoms with Gasteiger partial charge >= 0.3 is 5.97 Å². The number of carbonyl (C=O) groups is 1. The Labute approximate surface area is 121 Å². The Morgan fingerprint density at radius 3 is 2.89 bits per heavy atom. The number of halogens is 1. The van der Waals surface area contributed by atoms with Crippen molar-refractivity contribution in [1.82, 2.24) is 0 Å². The number of methoxy groups -OCH3 is 1. The molecule has 4 heteroatoms. The Hall–Kier alpha value is -0.780. The van der Waals surface area contributed by atoms with Crippen LogP contribution in [0.4, 0.5) is 0 Å². The topological polar surface area (TPSA) is 35.5 Å². The summed E-state index contributed by atoms with van der Waals surface area (Å²) < 4.78 is 11.8. The molecule has 0 radical (unpaired) electrons. The van der Waals surface area contributed by atoms with Gasteiger partial charge in [0.25, 0.3) is 0 Å². The van der Waals surface area contributed by atoms with Crippen molar-refractivity contribution in [1.29, 1.82) is 0 Å². The van der Waals surface area contributed by atoms with Crippen LogP contribution in [-0.2, 0) is 4.74 Å². The third kappa shape index (κ3) is 2.96. The van der Waals surface area contributed by atoms with Crippen LogP contribution in [0.25, 0.3) is 0 Å². The highest BCUT2D eigenvalue weighted by molar-refractivity contribution is 14.1. The second kappa shape index (κ2) is 6.41. The van der Waals surface area contributed by atoms with Gasteiger partial charge in [0.1, 0.15) is 11.9 Å². The van der Waals surface area contributed by atoms with Crippen molar-refractivity contribution in [3.63, 3.8) is 0 Å². The molecule has 0 aromatic heterocycles. The molecular formula is C14H17IO3. The lowest BCUT2D eigenvalue weighted by Gasteiger charge is -2.10. The SMILES string of the molecule is COc1ccc2c(c1)C(CCCCCI)OC2=O. The zero-order chi connectivity index (χ0) is 13.0. The Kier molecular flexibility index (Phi) is 4.86. The van der Waals surface area contributed by atoms with Gasteiger partial charge in [-0.15, -0.1) is 0 Å². The maximum atomic E-state index is 11.7. The van der Waals surface area contributed by atoms with Gasteiger partial charge in [-0.1, -0.05) is 29.0 Å². The predicted molar refractivity (Wildman–Crippen MR) is 78.5 cm³/mol. The number of alkyl halides is 1. The maximum Gasteiger partial charge on any atom is 0.339 e. The summed E-state index contributed by atoms with van der Waals surface area (Å²) in [5, 5.41) is 0. The minimum atomic E-state index is -0.202. The van der Waals surface area contributed by atoms with Crippen LogP contribution in [-0.4, -0.2) is 17.5 Å². The molecule has 1 atom stereocenters. The van der Waals surface area contributed by atoms with Gasteiger partial charge < -0.3 is 9.47 Å². The van der Waals surface area contributed by atoms with Crippen molar-refractivity contribution in [3.8, 4) is 5.75 Å². The molecule has 98 valence electrons. The summed E-state index contributed by atoms with van der Waals surface area (Å²) in [5.74, 6) is 0.579. The molecule has 1 aromatic rings. The molecule has 0 spiro atoms. The first-order valence-corrected chi connectivity index (χ1v) is 7.73. The van der Waals surface area contributed by atoms with Crippen LogP contribution in [0.15, 0.2) is 18.2 Å². The summed E-state index contributed by atoms with van der Waals surface area (Å²) in [6.45, 7) is 0. The van der Waals surface area contributed by atoms with Crippen molar-refractivity contribution in [2.75, 3.05) is 11.5 Å². The first kappa shape index (κ1) is 13.6. The minimum absolute atomic E-state index is 0.0863. The second-order valence-electron chi connectivity index (χ2n) is 4.39. The van der Waals surface area contributed by atoms with Crippen LogP contribution >= 0.6 is 22.6 Å². The number of fused-ring (bicyclic) bond motifs is 1. The summed E-state index contributed by atoms with van der Waals surface area (Å²) in [6.07, 6.45) is 4.33. The minimum Gasteiger partial charge on any atom is -0.497 e. The highest BCUT2D eigenvalue weighted by Gasteiger charge is 2.30. The largest absolute Gasteiger partial charge is 0.497 e. The number of hydrogen-bond donors (Lipinski definition) is 0. The quantitative estimate of drug-likeness (QED) is 0.334. The number of cyclic esters (lactones) is 1. The Morgan fingerprint density at radius 2 is 2.17 bits per heavy atom. The van der Waals surface area contributed by atoms with E-state index in [1.807, 2.05) is 6.07 Å². The predicted octanol–water partition coefficient (Wildman–Crippen LogP) is 3.90. The van der Waals surface area contributed by atoms with Gasteiger partial charge in [0.2, 0.25) is 0 Å². The number of unbranched alkanes of at least 4 members (excludes halogenated alkanes) is 2. The fourth-order valence-electron chi connectivity index (χ4n) is 2.19. The number of ether oxygens (including phenoxy) is 2. The van der Waals surface area contributed by atoms with Gasteiger partial charge in [0.15, 0.2) is 0 Å². The van der Waals surface area contributed by atoms with E-state index < -0.39 is 0 Å². The van der Waals surface area contributed by atoms with Crippen LogP contribution in [0.3, 0.4) is 0 Å². The monoisotopic (exact) mass is 360 g/mol. The maximum absolute atomic E-state index is 11.7. The van der Waals surface area contributed by atoms with E-state index in [0.717, 1.165) is 24.2 Å². The van der Waals surface area contributed by atoms with Crippen molar-refractivity contribution < 1.29 is 14.3 Å². The van der Waals surface area contributed by atoms with E-state index in [9.17, 15) is 4.79 Å². The van der Waals surface area contributed by atoms with Crippen molar-refractivity contribution >= 4 is 28.6 Å². The normalized spacial score (nSPS) is 17.4. The van der Waals surface area contributed by atoms with E-state index in [-0.39, 0.29) is 12.1 Å². The fourth-order valence-corrected chi connectivity index (χ4v) is 2.73. The zero-order valence-corrected chi connectivity index (χ0v) is 12.6. The fraction of sp³-hybridized carbons (Fsp3) is 0.500. The summed E-state index contributed by atoms with van der Waals surface area (Å²) in [4.78, 5) is 11.7. The summed E-state index contributed by atoms with van der Waals surface area (Å²) in [6, 6.07) is 5.52. The molecule has 3 nitrogen and oxygen atoms in total. The molecule has 1 unspecified atom stereocenters. The second-order valence-corrected chi connectivity index (χ2v) is 5.46. The van der Waals surface area contributed by atoms with E-state index in [2.05, 4.69) is 22.6 Å². The molecular weight excluding hydrogens is 343 g/mol. The first-order chi connectivity index (χ1) is 8.76. The van der Waals surface area contributed by atoms with Crippen LogP contribution in [0.5, 0.6) is 5.75 Å². The molecule has 0 saturated carbocycles. The highest BCUT2D eigenvalue weighted by atomic mass is 127. The average Bonchev–Trinajstić information content (AvgIpc) is 2.71. The van der Waals surface area contributed by atoms with Crippen LogP contribution in [0, 0.1) is 0 Å². The number of rotatable bonds is 6. The molecule has 0 amide bonds. The lowest BCUT2D eigenvalue weighted by molar-refractivity contribution is 0.0363. The van der Waals surface area contributed by atoms with Gasteiger partial charge in [-0.2, -0.15) is 0 Å². The summed E-state index contributed by atoms with van der Waals surface area (Å²) in [7, 11) is 1.63. The van der Waals surface area contributed by atoms with E-state index in [4.69, 9.17) is 9.47 Å². The molecule has 1 aliphatic heterocycles. The number of hydrogen-bond acceptors (Lipinski definition) is 3. The molecule has 1 aliphatic rings. The highest BCUT2D eigenvalue weighted by Crippen LogP contribution is 2.36. The molecule has 1 aromatic carbocycles. The van der Waals surface area contributed by atoms with E-state index >= 15 is 0 Å². The Morgan fingerprint density at radius 1 is 1.33 bits per heavy atom. The van der Waals surface area contributed by atoms with Crippen molar-refractivity contribution in [2.45, 2.75) is 31.8 Å². The van der Waals surface area contributed by atoms with Crippen molar-refractivity contribution in [2.24, 2.45) is 0 Å². The summed E-state index contributed by atoms with van der Waals surface area (Å²) in [5.41, 5.74) is 1.67. The van der Waals surface area contributed by atoms with E-state index in [0.29, 0.717) is 5.56 Å². The zero-order valence-electron chi connectivity index (χ0n) is 10.4. The first-order valence-electron chi connectivity index (χ1n) is 6.21. The molecule has 1 heterocycles. The molecule has 0 saturated heterocycles. The van der Waals surface area contributed by atoms with Crippen LogP contribution in [0.1, 0.15) is 47.7 Å². The average molecular weight is 360 g/mol. The lowest BCUT2D eigenvalue weighted by atomic mass is 10.0. The van der Waals surface area contributed by atoms with Crippen molar-refractivity contribution in [3.05, 3.63) is 29.3 Å². The van der Waals surface area contributed by atoms with Crippen LogP contribution in [0.2, 0.25) is 0 Å². The van der Waals surface area contributed by atoms with Gasteiger partial charge in [-0.3, -0.25) is 0 Å². The molecule has 0 aliphatic carbocycles. The molecule has 2 rings (SSSR count). The van der Waals surface area contributed by atoms with Gasteiger partial charge in [-0.25, -0.2) is 4.79 Å². The summed E-state index contributed by atoms with van der Waals surface area (Å²) >= 11 is 2.39. The van der Waals surface area contributed by atoms with E-state index in [1.165, 1.54) is 17.3 Å². The van der Waals surface area contributed by atoms with Gasteiger partial charge in [0.05, 0.1) is 12.7 Å². The third-order valence-corrected chi connectivity index (χ3v) is 3.94. The molecule has 18 heavy (non-hydrogen) atoms. The third-order valence-electron chi connectivity index (χ3n) is 3.17. The van der Waals surface area contributed by atoms with Gasteiger partial charge in [-0.05, 0) is 41.9 Å². The number of benzene rings is 1. The number of carbonyl (C=O) groups excluding carboxylic acids is 1.